The third kappa shape index (κ3) is 3.95. The van der Waals surface area contributed by atoms with Crippen molar-refractivity contribution in [3.63, 3.8) is 0 Å². The standard InChI is InChI=1S/C14H12BrClN2O2/c1-20-11-4-2-9(3-5-11)6-13(19)18-10-7-12(15)14(16)17-8-10/h2-5,7-8H,6H2,1H3,(H,18,19). The van der Waals surface area contributed by atoms with Crippen molar-refractivity contribution in [2.24, 2.45) is 0 Å². The summed E-state index contributed by atoms with van der Waals surface area (Å²) in [5.74, 6) is 0.645. The maximum atomic E-state index is 11.9. The zero-order chi connectivity index (χ0) is 14.5. The molecule has 1 amide bonds. The number of benzene rings is 1. The van der Waals surface area contributed by atoms with Crippen LogP contribution in [0.1, 0.15) is 5.56 Å². The van der Waals surface area contributed by atoms with Crippen LogP contribution in [0.3, 0.4) is 0 Å². The van der Waals surface area contributed by atoms with E-state index in [0.717, 1.165) is 11.3 Å². The number of halogens is 2. The van der Waals surface area contributed by atoms with E-state index in [0.29, 0.717) is 15.3 Å². The van der Waals surface area contributed by atoms with Crippen LogP contribution in [0.2, 0.25) is 5.15 Å². The molecule has 0 saturated carbocycles. The maximum absolute atomic E-state index is 11.9. The third-order valence-electron chi connectivity index (χ3n) is 2.60. The second kappa shape index (κ2) is 6.72. The number of hydrogen-bond acceptors (Lipinski definition) is 3. The molecular formula is C14H12BrClN2O2. The Labute approximate surface area is 130 Å². The molecule has 0 unspecified atom stereocenters. The molecule has 1 N–H and O–H groups in total. The Bertz CT molecular complexity index is 617. The number of carbonyl (C=O) groups is 1. The van der Waals surface area contributed by atoms with Crippen LogP contribution in [0.5, 0.6) is 5.75 Å². The molecule has 1 aromatic carbocycles. The molecule has 104 valence electrons. The first kappa shape index (κ1) is 14.8. The molecule has 20 heavy (non-hydrogen) atoms. The average molecular weight is 356 g/mol. The normalized spacial score (nSPS) is 10.2. The Morgan fingerprint density at radius 3 is 2.70 bits per heavy atom. The largest absolute Gasteiger partial charge is 0.497 e. The zero-order valence-corrected chi connectivity index (χ0v) is 13.0. The highest BCUT2D eigenvalue weighted by atomic mass is 79.9. The highest BCUT2D eigenvalue weighted by Crippen LogP contribution is 2.23. The lowest BCUT2D eigenvalue weighted by Gasteiger charge is -2.06. The average Bonchev–Trinajstić information content (AvgIpc) is 2.44. The van der Waals surface area contributed by atoms with Crippen molar-refractivity contribution in [2.45, 2.75) is 6.42 Å². The summed E-state index contributed by atoms with van der Waals surface area (Å²) in [5.41, 5.74) is 1.50. The molecule has 2 rings (SSSR count). The van der Waals surface area contributed by atoms with Gasteiger partial charge in [-0.05, 0) is 39.7 Å². The van der Waals surface area contributed by atoms with Gasteiger partial charge in [-0.1, -0.05) is 23.7 Å². The minimum Gasteiger partial charge on any atom is -0.497 e. The highest BCUT2D eigenvalue weighted by Gasteiger charge is 2.06. The quantitative estimate of drug-likeness (QED) is 0.851. The molecule has 0 aliphatic rings. The summed E-state index contributed by atoms with van der Waals surface area (Å²) in [7, 11) is 1.60. The van der Waals surface area contributed by atoms with Crippen molar-refractivity contribution in [1.29, 1.82) is 0 Å². The van der Waals surface area contributed by atoms with E-state index in [9.17, 15) is 4.79 Å². The molecule has 0 radical (unpaired) electrons. The van der Waals surface area contributed by atoms with E-state index < -0.39 is 0 Å². The number of carbonyl (C=O) groups excluding carboxylic acids is 1. The third-order valence-corrected chi connectivity index (χ3v) is 3.74. The van der Waals surface area contributed by atoms with E-state index in [2.05, 4.69) is 26.2 Å². The smallest absolute Gasteiger partial charge is 0.228 e. The van der Waals surface area contributed by atoms with Gasteiger partial charge in [0.15, 0.2) is 0 Å². The number of anilines is 1. The van der Waals surface area contributed by atoms with Crippen molar-refractivity contribution in [1.82, 2.24) is 4.98 Å². The Balaban J connectivity index is 1.99. The van der Waals surface area contributed by atoms with Crippen molar-refractivity contribution in [3.8, 4) is 5.75 Å². The van der Waals surface area contributed by atoms with Crippen molar-refractivity contribution in [2.75, 3.05) is 12.4 Å². The minimum absolute atomic E-state index is 0.119. The molecule has 0 fully saturated rings. The lowest BCUT2D eigenvalue weighted by molar-refractivity contribution is -0.115. The summed E-state index contributed by atoms with van der Waals surface area (Å²) in [6.07, 6.45) is 1.79. The van der Waals surface area contributed by atoms with Gasteiger partial charge in [0, 0.05) is 0 Å². The minimum atomic E-state index is -0.119. The number of amides is 1. The number of nitrogens with one attached hydrogen (secondary N) is 1. The highest BCUT2D eigenvalue weighted by molar-refractivity contribution is 9.10. The van der Waals surface area contributed by atoms with E-state index in [1.807, 2.05) is 24.3 Å². The van der Waals surface area contributed by atoms with Gasteiger partial charge in [-0.3, -0.25) is 4.79 Å². The van der Waals surface area contributed by atoms with E-state index in [-0.39, 0.29) is 12.3 Å². The summed E-state index contributed by atoms with van der Waals surface area (Å²) in [6.45, 7) is 0. The fourth-order valence-corrected chi connectivity index (χ4v) is 2.08. The predicted octanol–water partition coefficient (Wildman–Crippen LogP) is 3.69. The molecule has 0 atom stereocenters. The van der Waals surface area contributed by atoms with Crippen LogP contribution in [0, 0.1) is 0 Å². The van der Waals surface area contributed by atoms with Crippen LogP contribution in [0.25, 0.3) is 0 Å². The molecule has 2 aromatic rings. The van der Waals surface area contributed by atoms with Crippen molar-refractivity contribution < 1.29 is 9.53 Å². The molecule has 6 heteroatoms. The summed E-state index contributed by atoms with van der Waals surface area (Å²) < 4.78 is 5.71. The van der Waals surface area contributed by atoms with E-state index >= 15 is 0 Å². The number of rotatable bonds is 4. The number of nitrogens with zero attached hydrogens (tertiary/aromatic N) is 1. The van der Waals surface area contributed by atoms with Gasteiger partial charge in [-0.25, -0.2) is 4.98 Å². The van der Waals surface area contributed by atoms with Gasteiger partial charge >= 0.3 is 0 Å². The summed E-state index contributed by atoms with van der Waals surface area (Å²) in [5, 5.41) is 3.13. The Kier molecular flexibility index (Phi) is 4.98. The molecule has 0 spiro atoms. The monoisotopic (exact) mass is 354 g/mol. The first-order valence-electron chi connectivity index (χ1n) is 5.82. The van der Waals surface area contributed by atoms with Gasteiger partial charge in [0.05, 0.1) is 29.9 Å². The van der Waals surface area contributed by atoms with Crippen LogP contribution in [0.4, 0.5) is 5.69 Å². The van der Waals surface area contributed by atoms with Gasteiger partial charge in [0.1, 0.15) is 10.9 Å². The summed E-state index contributed by atoms with van der Waals surface area (Å²) >= 11 is 9.05. The molecule has 0 bridgehead atoms. The number of methoxy groups -OCH3 is 1. The lowest BCUT2D eigenvalue weighted by atomic mass is 10.1. The van der Waals surface area contributed by atoms with Gasteiger partial charge < -0.3 is 10.1 Å². The molecule has 0 aliphatic heterocycles. The Morgan fingerprint density at radius 2 is 2.10 bits per heavy atom. The van der Waals surface area contributed by atoms with E-state index in [4.69, 9.17) is 16.3 Å². The van der Waals surface area contributed by atoms with Crippen LogP contribution >= 0.6 is 27.5 Å². The van der Waals surface area contributed by atoms with Crippen LogP contribution < -0.4 is 10.1 Å². The Morgan fingerprint density at radius 1 is 1.40 bits per heavy atom. The fraction of sp³-hybridized carbons (Fsp3) is 0.143. The van der Waals surface area contributed by atoms with Crippen LogP contribution in [-0.4, -0.2) is 18.0 Å². The molecule has 1 aromatic heterocycles. The van der Waals surface area contributed by atoms with Crippen LogP contribution in [0.15, 0.2) is 41.0 Å². The second-order valence-corrected chi connectivity index (χ2v) is 5.28. The number of aromatic nitrogens is 1. The van der Waals surface area contributed by atoms with E-state index in [1.165, 1.54) is 6.20 Å². The van der Waals surface area contributed by atoms with Crippen molar-refractivity contribution >= 4 is 39.1 Å². The van der Waals surface area contributed by atoms with Gasteiger partial charge in [0.2, 0.25) is 5.91 Å². The first-order valence-corrected chi connectivity index (χ1v) is 6.99. The number of pyridine rings is 1. The van der Waals surface area contributed by atoms with Gasteiger partial charge in [-0.2, -0.15) is 0 Å². The molecular weight excluding hydrogens is 344 g/mol. The fourth-order valence-electron chi connectivity index (χ4n) is 1.62. The zero-order valence-electron chi connectivity index (χ0n) is 10.7. The molecule has 0 aliphatic carbocycles. The van der Waals surface area contributed by atoms with Crippen LogP contribution in [-0.2, 0) is 11.2 Å². The van der Waals surface area contributed by atoms with E-state index in [1.54, 1.807) is 13.2 Å². The number of ether oxygens (including phenoxy) is 1. The predicted molar refractivity (Wildman–Crippen MR) is 82.3 cm³/mol. The Hall–Kier alpha value is -1.59. The topological polar surface area (TPSA) is 51.2 Å². The lowest BCUT2D eigenvalue weighted by Crippen LogP contribution is -2.14. The molecule has 4 nitrogen and oxygen atoms in total. The second-order valence-electron chi connectivity index (χ2n) is 4.07. The number of hydrogen-bond donors (Lipinski definition) is 1. The van der Waals surface area contributed by atoms with Gasteiger partial charge in [-0.15, -0.1) is 0 Å². The molecule has 1 heterocycles. The first-order chi connectivity index (χ1) is 9.58. The van der Waals surface area contributed by atoms with Gasteiger partial charge in [0.25, 0.3) is 0 Å². The summed E-state index contributed by atoms with van der Waals surface area (Å²) in [4.78, 5) is 15.9. The maximum Gasteiger partial charge on any atom is 0.228 e. The molecule has 0 saturated heterocycles. The van der Waals surface area contributed by atoms with Crippen molar-refractivity contribution in [3.05, 3.63) is 51.7 Å². The SMILES string of the molecule is COc1ccc(CC(=O)Nc2cnc(Cl)c(Br)c2)cc1. The summed E-state index contributed by atoms with van der Waals surface area (Å²) in [6, 6.07) is 9.07.